The van der Waals surface area contributed by atoms with Gasteiger partial charge in [0.1, 0.15) is 0 Å². The zero-order valence-corrected chi connectivity index (χ0v) is 6.74. The first-order chi connectivity index (χ1) is 5.45. The number of carbonyl (C=O) groups excluding carboxylic acids is 2. The van der Waals surface area contributed by atoms with E-state index in [0.717, 1.165) is 0 Å². The Hall–Kier alpha value is -1.30. The maximum absolute atomic E-state index is 10.4. The van der Waals surface area contributed by atoms with Crippen LogP contribution in [0.15, 0.2) is 0 Å². The van der Waals surface area contributed by atoms with Gasteiger partial charge in [-0.05, 0) is 0 Å². The molecule has 68 valence electrons. The fourth-order valence-electron chi connectivity index (χ4n) is 0.549. The summed E-state index contributed by atoms with van der Waals surface area (Å²) >= 11 is 5.15. The zero-order chi connectivity index (χ0) is 9.72. The normalized spacial score (nSPS) is 15.6. The molecule has 6 nitrogen and oxygen atoms in total. The van der Waals surface area contributed by atoms with Crippen LogP contribution in [0.25, 0.3) is 0 Å². The Labute approximate surface area is 73.0 Å². The SMILES string of the molecule is NC(=O)O.O=C1CCC(=O)N1Cl. The second-order valence-electron chi connectivity index (χ2n) is 1.91. The highest BCUT2D eigenvalue weighted by Crippen LogP contribution is 2.12. The maximum Gasteiger partial charge on any atom is 0.402 e. The van der Waals surface area contributed by atoms with Crippen molar-refractivity contribution in [2.45, 2.75) is 12.8 Å². The van der Waals surface area contributed by atoms with E-state index < -0.39 is 6.09 Å². The summed E-state index contributed by atoms with van der Waals surface area (Å²) in [6.45, 7) is 0. The number of hydrogen-bond acceptors (Lipinski definition) is 3. The van der Waals surface area contributed by atoms with E-state index in [1.807, 2.05) is 0 Å². The summed E-state index contributed by atoms with van der Waals surface area (Å²) in [6.07, 6.45) is -0.801. The first-order valence-corrected chi connectivity index (χ1v) is 3.29. The molecule has 0 saturated carbocycles. The van der Waals surface area contributed by atoms with Crippen LogP contribution < -0.4 is 5.73 Å². The van der Waals surface area contributed by atoms with Gasteiger partial charge >= 0.3 is 6.09 Å². The minimum Gasteiger partial charge on any atom is -0.465 e. The second kappa shape index (κ2) is 4.55. The third-order valence-corrected chi connectivity index (χ3v) is 1.37. The quantitative estimate of drug-likeness (QED) is 0.416. The molecule has 0 atom stereocenters. The highest BCUT2D eigenvalue weighted by Gasteiger charge is 2.26. The fraction of sp³-hybridized carbons (Fsp3) is 0.400. The van der Waals surface area contributed by atoms with Crippen molar-refractivity contribution in [3.05, 3.63) is 0 Å². The monoisotopic (exact) mass is 194 g/mol. The van der Waals surface area contributed by atoms with Crippen LogP contribution in [0, 0.1) is 0 Å². The highest BCUT2D eigenvalue weighted by atomic mass is 35.5. The zero-order valence-electron chi connectivity index (χ0n) is 5.99. The predicted molar refractivity (Wildman–Crippen MR) is 39.2 cm³/mol. The van der Waals surface area contributed by atoms with Crippen LogP contribution in [0.2, 0.25) is 0 Å². The fourth-order valence-corrected chi connectivity index (χ4v) is 0.718. The summed E-state index contributed by atoms with van der Waals surface area (Å²) < 4.78 is 0.639. The lowest BCUT2D eigenvalue weighted by molar-refractivity contribution is -0.132. The molecule has 0 radical (unpaired) electrons. The van der Waals surface area contributed by atoms with Crippen molar-refractivity contribution < 1.29 is 19.5 Å². The third-order valence-electron chi connectivity index (χ3n) is 0.991. The second-order valence-corrected chi connectivity index (χ2v) is 2.24. The Morgan fingerprint density at radius 3 is 1.75 bits per heavy atom. The first kappa shape index (κ1) is 10.7. The van der Waals surface area contributed by atoms with Crippen LogP contribution in [0.3, 0.4) is 0 Å². The number of hydrogen-bond donors (Lipinski definition) is 2. The highest BCUT2D eigenvalue weighted by molar-refractivity contribution is 6.32. The number of halogens is 1. The molecule has 0 aromatic rings. The van der Waals surface area contributed by atoms with E-state index >= 15 is 0 Å². The number of rotatable bonds is 0. The summed E-state index contributed by atoms with van der Waals surface area (Å²) in [5, 5.41) is 7.19. The molecule has 0 unspecified atom stereocenters. The first-order valence-electron chi connectivity index (χ1n) is 2.95. The Morgan fingerprint density at radius 2 is 1.67 bits per heavy atom. The average Bonchev–Trinajstić information content (AvgIpc) is 2.19. The van der Waals surface area contributed by atoms with Gasteiger partial charge in [-0.15, -0.1) is 0 Å². The molecule has 12 heavy (non-hydrogen) atoms. The molecule has 0 aromatic carbocycles. The summed E-state index contributed by atoms with van der Waals surface area (Å²) in [5.41, 5.74) is 4.03. The van der Waals surface area contributed by atoms with Gasteiger partial charge in [0.15, 0.2) is 0 Å². The molecular weight excluding hydrogens is 188 g/mol. The largest absolute Gasteiger partial charge is 0.465 e. The van der Waals surface area contributed by atoms with E-state index in [1.54, 1.807) is 0 Å². The van der Waals surface area contributed by atoms with Gasteiger partial charge in [0.2, 0.25) is 11.8 Å². The average molecular weight is 195 g/mol. The lowest BCUT2D eigenvalue weighted by atomic mass is 10.4. The standard InChI is InChI=1S/C4H4ClNO2.CH3NO2/c5-6-3(7)1-2-4(6)8;2-1(3)4/h1-2H2;2H2,(H,3,4). The summed E-state index contributed by atoms with van der Waals surface area (Å²) in [7, 11) is 0. The van der Waals surface area contributed by atoms with E-state index in [0.29, 0.717) is 4.42 Å². The number of imide groups is 1. The molecule has 0 aromatic heterocycles. The predicted octanol–water partition coefficient (Wildman–Crippen LogP) is -0.0877. The number of nitrogens with two attached hydrogens (primary N) is 1. The van der Waals surface area contributed by atoms with E-state index in [4.69, 9.17) is 21.7 Å². The molecule has 3 amide bonds. The Bertz CT molecular complexity index is 197. The van der Waals surface area contributed by atoms with Gasteiger partial charge in [-0.1, -0.05) is 0 Å². The maximum atomic E-state index is 10.4. The van der Waals surface area contributed by atoms with Gasteiger partial charge in [0.25, 0.3) is 0 Å². The molecule has 1 aliphatic rings. The topological polar surface area (TPSA) is 101 Å². The van der Waals surface area contributed by atoms with Crippen molar-refractivity contribution in [1.29, 1.82) is 0 Å². The van der Waals surface area contributed by atoms with Crippen molar-refractivity contribution in [1.82, 2.24) is 4.42 Å². The van der Waals surface area contributed by atoms with Crippen LogP contribution in [-0.4, -0.2) is 27.4 Å². The van der Waals surface area contributed by atoms with Crippen LogP contribution >= 0.6 is 11.8 Å². The van der Waals surface area contributed by atoms with Gasteiger partial charge in [-0.2, -0.15) is 4.42 Å². The molecule has 1 heterocycles. The van der Waals surface area contributed by atoms with Crippen molar-refractivity contribution in [3.63, 3.8) is 0 Å². The molecule has 1 fully saturated rings. The number of carbonyl (C=O) groups is 3. The number of carboxylic acid groups (broad SMARTS) is 1. The van der Waals surface area contributed by atoms with Gasteiger partial charge in [-0.3, -0.25) is 9.59 Å². The lowest BCUT2D eigenvalue weighted by Crippen LogP contribution is -2.16. The minimum atomic E-state index is -1.33. The van der Waals surface area contributed by atoms with Gasteiger partial charge in [0.05, 0.1) is 0 Å². The van der Waals surface area contributed by atoms with Crippen molar-refractivity contribution in [2.24, 2.45) is 5.73 Å². The van der Waals surface area contributed by atoms with E-state index in [9.17, 15) is 9.59 Å². The Kier molecular flexibility index (Phi) is 4.06. The van der Waals surface area contributed by atoms with Gasteiger partial charge in [-0.25, -0.2) is 4.79 Å². The van der Waals surface area contributed by atoms with Crippen LogP contribution in [-0.2, 0) is 9.59 Å². The van der Waals surface area contributed by atoms with Gasteiger partial charge < -0.3 is 10.8 Å². The smallest absolute Gasteiger partial charge is 0.402 e. The molecular formula is C5H7ClN2O4. The van der Waals surface area contributed by atoms with Crippen LogP contribution in [0.5, 0.6) is 0 Å². The minimum absolute atomic E-state index is 0.266. The van der Waals surface area contributed by atoms with E-state index in [1.165, 1.54) is 0 Å². The summed E-state index contributed by atoms with van der Waals surface area (Å²) in [6, 6.07) is 0. The Balaban J connectivity index is 0.000000261. The molecule has 7 heteroatoms. The number of amides is 3. The third kappa shape index (κ3) is 3.77. The Morgan fingerprint density at radius 1 is 1.42 bits per heavy atom. The van der Waals surface area contributed by atoms with Crippen molar-refractivity contribution in [3.8, 4) is 0 Å². The molecule has 1 rings (SSSR count). The molecule has 0 aliphatic carbocycles. The van der Waals surface area contributed by atoms with Gasteiger partial charge in [0, 0.05) is 24.6 Å². The van der Waals surface area contributed by atoms with Crippen molar-refractivity contribution >= 4 is 29.7 Å². The molecule has 1 aliphatic heterocycles. The summed E-state index contributed by atoms with van der Waals surface area (Å²) in [5.74, 6) is -0.590. The van der Waals surface area contributed by atoms with Crippen LogP contribution in [0.1, 0.15) is 12.8 Å². The summed E-state index contributed by atoms with van der Waals surface area (Å²) in [4.78, 5) is 29.5. The van der Waals surface area contributed by atoms with E-state index in [-0.39, 0.29) is 24.7 Å². The van der Waals surface area contributed by atoms with Crippen molar-refractivity contribution in [2.75, 3.05) is 0 Å². The molecule has 3 N–H and O–H groups in total. The van der Waals surface area contributed by atoms with E-state index in [2.05, 4.69) is 5.73 Å². The number of primary amides is 1. The molecule has 0 bridgehead atoms. The lowest BCUT2D eigenvalue weighted by Gasteiger charge is -1.96. The van der Waals surface area contributed by atoms with Crippen LogP contribution in [0.4, 0.5) is 4.79 Å². The number of nitrogens with zero attached hydrogens (tertiary/aromatic N) is 1. The molecule has 1 saturated heterocycles. The molecule has 0 spiro atoms.